The molecule has 1 aromatic rings. The van der Waals surface area contributed by atoms with Crippen molar-refractivity contribution in [3.8, 4) is 0 Å². The number of rotatable bonds is 8. The highest BCUT2D eigenvalue weighted by Crippen LogP contribution is 2.31. The van der Waals surface area contributed by atoms with Crippen LogP contribution in [0, 0.1) is 5.92 Å². The fourth-order valence-corrected chi connectivity index (χ4v) is 7.77. The van der Waals surface area contributed by atoms with Crippen LogP contribution in [0.2, 0.25) is 10.0 Å². The van der Waals surface area contributed by atoms with E-state index in [-0.39, 0.29) is 41.1 Å². The molecule has 7 nitrogen and oxygen atoms in total. The standard InChI is InChI=1S/C25H37Cl2N3O4S/c26-23-10-9-22(15-24(23)27)35(32,33)30-12-5-4-8-20(30)17-34-18-25(31)29-13-11-28-16-21(29)14-19-6-2-1-3-7-19/h9-10,15,19-21,28H,1-8,11-14,16-18H2. The van der Waals surface area contributed by atoms with E-state index in [1.165, 1.54) is 54.6 Å². The Morgan fingerprint density at radius 2 is 1.77 bits per heavy atom. The van der Waals surface area contributed by atoms with Crippen LogP contribution in [0.1, 0.15) is 57.8 Å². The van der Waals surface area contributed by atoms with Crippen molar-refractivity contribution in [2.75, 3.05) is 39.4 Å². The number of nitrogens with zero attached hydrogens (tertiary/aromatic N) is 2. The highest BCUT2D eigenvalue weighted by Gasteiger charge is 2.35. The van der Waals surface area contributed by atoms with Gasteiger partial charge in [0, 0.05) is 38.3 Å². The summed E-state index contributed by atoms with van der Waals surface area (Å²) in [7, 11) is -3.74. The number of amides is 1. The van der Waals surface area contributed by atoms with Gasteiger partial charge >= 0.3 is 0 Å². The van der Waals surface area contributed by atoms with Crippen LogP contribution < -0.4 is 5.32 Å². The third-order valence-electron chi connectivity index (χ3n) is 7.61. The molecule has 0 spiro atoms. The first-order chi connectivity index (χ1) is 16.9. The molecule has 2 heterocycles. The van der Waals surface area contributed by atoms with Crippen molar-refractivity contribution in [2.45, 2.75) is 74.8 Å². The molecule has 3 fully saturated rings. The van der Waals surface area contributed by atoms with Crippen molar-refractivity contribution in [2.24, 2.45) is 5.92 Å². The van der Waals surface area contributed by atoms with Gasteiger partial charge in [0.25, 0.3) is 0 Å². The lowest BCUT2D eigenvalue weighted by atomic mass is 9.84. The van der Waals surface area contributed by atoms with Gasteiger partial charge in [0.2, 0.25) is 15.9 Å². The summed E-state index contributed by atoms with van der Waals surface area (Å²) < 4.78 is 34.0. The molecule has 2 unspecified atom stereocenters. The van der Waals surface area contributed by atoms with E-state index in [2.05, 4.69) is 5.32 Å². The summed E-state index contributed by atoms with van der Waals surface area (Å²) in [5.41, 5.74) is 0. The highest BCUT2D eigenvalue weighted by atomic mass is 35.5. The molecular weight excluding hydrogens is 509 g/mol. The van der Waals surface area contributed by atoms with E-state index in [0.29, 0.717) is 30.5 Å². The maximum absolute atomic E-state index is 13.3. The maximum Gasteiger partial charge on any atom is 0.248 e. The lowest BCUT2D eigenvalue weighted by molar-refractivity contribution is -0.140. The Morgan fingerprint density at radius 1 is 1.00 bits per heavy atom. The Labute approximate surface area is 219 Å². The van der Waals surface area contributed by atoms with Crippen molar-refractivity contribution in [1.29, 1.82) is 0 Å². The van der Waals surface area contributed by atoms with Crippen LogP contribution in [0.4, 0.5) is 0 Å². The minimum absolute atomic E-state index is 0.00186. The van der Waals surface area contributed by atoms with Gasteiger partial charge in [0.1, 0.15) is 6.61 Å². The van der Waals surface area contributed by atoms with Crippen LogP contribution in [-0.2, 0) is 19.6 Å². The molecule has 2 atom stereocenters. The first-order valence-corrected chi connectivity index (χ1v) is 15.1. The molecule has 0 radical (unpaired) electrons. The molecule has 1 amide bonds. The average Bonchev–Trinajstić information content (AvgIpc) is 2.87. The van der Waals surface area contributed by atoms with E-state index in [9.17, 15) is 13.2 Å². The second-order valence-corrected chi connectivity index (χ2v) is 12.7. The van der Waals surface area contributed by atoms with Crippen LogP contribution in [0.15, 0.2) is 23.1 Å². The number of benzene rings is 1. The first kappa shape index (κ1) is 27.1. The smallest absolute Gasteiger partial charge is 0.248 e. The second kappa shape index (κ2) is 12.6. The van der Waals surface area contributed by atoms with E-state index < -0.39 is 10.0 Å². The summed E-state index contributed by atoms with van der Waals surface area (Å²) in [6, 6.07) is 4.28. The van der Waals surface area contributed by atoms with Gasteiger partial charge in [0.15, 0.2) is 0 Å². The molecule has 1 N–H and O–H groups in total. The molecule has 4 rings (SSSR count). The van der Waals surface area contributed by atoms with Crippen LogP contribution in [-0.4, -0.2) is 75.0 Å². The van der Waals surface area contributed by atoms with Crippen molar-refractivity contribution in [3.63, 3.8) is 0 Å². The van der Waals surface area contributed by atoms with E-state index in [1.807, 2.05) is 4.90 Å². The lowest BCUT2D eigenvalue weighted by Crippen LogP contribution is -2.55. The van der Waals surface area contributed by atoms with E-state index in [1.54, 1.807) is 0 Å². The molecule has 10 heteroatoms. The summed E-state index contributed by atoms with van der Waals surface area (Å²) in [6.45, 7) is 2.93. The number of nitrogens with one attached hydrogen (secondary N) is 1. The Balaban J connectivity index is 1.34. The molecule has 0 bridgehead atoms. The first-order valence-electron chi connectivity index (χ1n) is 12.9. The van der Waals surface area contributed by atoms with Gasteiger partial charge in [0.05, 0.1) is 21.5 Å². The Hall–Kier alpha value is -0.900. The number of sulfonamides is 1. The van der Waals surface area contributed by atoms with Gasteiger partial charge in [-0.15, -0.1) is 0 Å². The summed E-state index contributed by atoms with van der Waals surface area (Å²) in [4.78, 5) is 15.2. The van der Waals surface area contributed by atoms with Crippen LogP contribution in [0.25, 0.3) is 0 Å². The summed E-state index contributed by atoms with van der Waals surface area (Å²) >= 11 is 12.0. The lowest BCUT2D eigenvalue weighted by Gasteiger charge is -2.39. The minimum Gasteiger partial charge on any atom is -0.370 e. The van der Waals surface area contributed by atoms with Crippen molar-refractivity contribution < 1.29 is 17.9 Å². The highest BCUT2D eigenvalue weighted by molar-refractivity contribution is 7.89. The van der Waals surface area contributed by atoms with Crippen LogP contribution in [0.3, 0.4) is 0 Å². The zero-order valence-electron chi connectivity index (χ0n) is 20.3. The molecule has 1 aromatic carbocycles. The van der Waals surface area contributed by atoms with Crippen molar-refractivity contribution in [3.05, 3.63) is 28.2 Å². The largest absolute Gasteiger partial charge is 0.370 e. The molecule has 1 aliphatic carbocycles. The SMILES string of the molecule is O=C(COCC1CCCCN1S(=O)(=O)c1ccc(Cl)c(Cl)c1)N1CCNCC1CC1CCCCC1. The van der Waals surface area contributed by atoms with Gasteiger partial charge in [-0.1, -0.05) is 61.7 Å². The molecule has 35 heavy (non-hydrogen) atoms. The van der Waals surface area contributed by atoms with Crippen molar-refractivity contribution >= 4 is 39.1 Å². The van der Waals surface area contributed by atoms with Crippen LogP contribution in [0.5, 0.6) is 0 Å². The molecule has 2 aliphatic heterocycles. The number of piperidine rings is 1. The van der Waals surface area contributed by atoms with Gasteiger partial charge in [-0.2, -0.15) is 4.31 Å². The predicted octanol–water partition coefficient (Wildman–Crippen LogP) is 4.32. The molecular formula is C25H37Cl2N3O4S. The monoisotopic (exact) mass is 545 g/mol. The Kier molecular flexibility index (Phi) is 9.74. The number of piperazine rings is 1. The third-order valence-corrected chi connectivity index (χ3v) is 10.3. The third kappa shape index (κ3) is 6.90. The van der Waals surface area contributed by atoms with Crippen molar-refractivity contribution in [1.82, 2.24) is 14.5 Å². The van der Waals surface area contributed by atoms with Gasteiger partial charge in [-0.05, 0) is 43.4 Å². The number of ether oxygens (including phenoxy) is 1. The average molecular weight is 547 g/mol. The predicted molar refractivity (Wildman–Crippen MR) is 138 cm³/mol. The normalized spacial score (nSPS) is 25.0. The van der Waals surface area contributed by atoms with E-state index in [0.717, 1.165) is 32.4 Å². The molecule has 196 valence electrons. The quantitative estimate of drug-likeness (QED) is 0.526. The number of halogens is 2. The van der Waals surface area contributed by atoms with Crippen LogP contribution >= 0.6 is 23.2 Å². The van der Waals surface area contributed by atoms with Gasteiger partial charge in [-0.3, -0.25) is 4.79 Å². The second-order valence-electron chi connectivity index (χ2n) is 10.0. The molecule has 3 aliphatic rings. The fourth-order valence-electron chi connectivity index (χ4n) is 5.70. The molecule has 1 saturated carbocycles. The topological polar surface area (TPSA) is 79.0 Å². The zero-order chi connectivity index (χ0) is 24.8. The summed E-state index contributed by atoms with van der Waals surface area (Å²) in [6.07, 6.45) is 9.92. The summed E-state index contributed by atoms with van der Waals surface area (Å²) in [5, 5.41) is 3.96. The zero-order valence-corrected chi connectivity index (χ0v) is 22.6. The maximum atomic E-state index is 13.3. The van der Waals surface area contributed by atoms with Gasteiger partial charge in [-0.25, -0.2) is 8.42 Å². The fraction of sp³-hybridized carbons (Fsp3) is 0.720. The Bertz CT molecular complexity index is 971. The molecule has 0 aromatic heterocycles. The number of hydrogen-bond donors (Lipinski definition) is 1. The summed E-state index contributed by atoms with van der Waals surface area (Å²) in [5.74, 6) is 0.703. The van der Waals surface area contributed by atoms with Gasteiger partial charge < -0.3 is 15.0 Å². The van der Waals surface area contributed by atoms with E-state index >= 15 is 0 Å². The minimum atomic E-state index is -3.74. The van der Waals surface area contributed by atoms with E-state index in [4.69, 9.17) is 27.9 Å². The Morgan fingerprint density at radius 3 is 2.54 bits per heavy atom. The number of carbonyl (C=O) groups is 1. The number of carbonyl (C=O) groups excluding carboxylic acids is 1. The molecule has 2 saturated heterocycles. The number of hydrogen-bond acceptors (Lipinski definition) is 5.